The van der Waals surface area contributed by atoms with Crippen LogP contribution in [0.2, 0.25) is 0 Å². The van der Waals surface area contributed by atoms with Crippen molar-refractivity contribution < 1.29 is 38.0 Å². The molecule has 0 heterocycles. The molecular formula is C15H28O8. The van der Waals surface area contributed by atoms with Crippen LogP contribution in [0.1, 0.15) is 13.3 Å². The average Bonchev–Trinajstić information content (AvgIpc) is 2.54. The highest BCUT2D eigenvalue weighted by molar-refractivity contribution is 5.94. The predicted octanol–water partition coefficient (Wildman–Crippen LogP) is 0.425. The van der Waals surface area contributed by atoms with Crippen LogP contribution in [0, 0.1) is 5.92 Å². The zero-order valence-electron chi connectivity index (χ0n) is 14.2. The van der Waals surface area contributed by atoms with E-state index in [1.807, 2.05) is 0 Å². The topological polar surface area (TPSA) is 89.5 Å². The van der Waals surface area contributed by atoms with Crippen molar-refractivity contribution in [3.05, 3.63) is 0 Å². The van der Waals surface area contributed by atoms with Crippen molar-refractivity contribution in [2.45, 2.75) is 13.3 Å². The zero-order valence-corrected chi connectivity index (χ0v) is 14.2. The molecule has 0 bridgehead atoms. The summed E-state index contributed by atoms with van der Waals surface area (Å²) in [6.45, 7) is 4.22. The Bertz CT molecular complexity index is 280. The Morgan fingerprint density at radius 3 is 1.43 bits per heavy atom. The van der Waals surface area contributed by atoms with E-state index in [1.165, 1.54) is 0 Å². The summed E-state index contributed by atoms with van der Waals surface area (Å²) in [5, 5.41) is 0. The Hall–Kier alpha value is -1.22. The number of ether oxygens (including phenoxy) is 6. The first-order chi connectivity index (χ1) is 11.2. The highest BCUT2D eigenvalue weighted by atomic mass is 16.6. The lowest BCUT2D eigenvalue weighted by atomic mass is 10.1. The van der Waals surface area contributed by atoms with Crippen LogP contribution in [-0.4, -0.2) is 79.0 Å². The number of esters is 2. The lowest BCUT2D eigenvalue weighted by Crippen LogP contribution is -2.29. The van der Waals surface area contributed by atoms with Crippen molar-refractivity contribution in [1.29, 1.82) is 0 Å². The van der Waals surface area contributed by atoms with Crippen LogP contribution in [0.5, 0.6) is 0 Å². The van der Waals surface area contributed by atoms with Gasteiger partial charge in [0.1, 0.15) is 13.2 Å². The molecule has 23 heavy (non-hydrogen) atoms. The lowest BCUT2D eigenvalue weighted by molar-refractivity contribution is -0.164. The molecular weight excluding hydrogens is 308 g/mol. The van der Waals surface area contributed by atoms with Crippen molar-refractivity contribution in [3.8, 4) is 0 Å². The van der Waals surface area contributed by atoms with E-state index >= 15 is 0 Å². The van der Waals surface area contributed by atoms with Gasteiger partial charge in [0.25, 0.3) is 0 Å². The molecule has 0 amide bonds. The molecule has 0 aromatic carbocycles. The molecule has 0 atom stereocenters. The van der Waals surface area contributed by atoms with Crippen molar-refractivity contribution in [3.63, 3.8) is 0 Å². The number of rotatable bonds is 15. The van der Waals surface area contributed by atoms with Gasteiger partial charge in [-0.3, -0.25) is 9.59 Å². The molecule has 0 radical (unpaired) electrons. The minimum Gasteiger partial charge on any atom is -0.463 e. The van der Waals surface area contributed by atoms with Crippen molar-refractivity contribution in [2.24, 2.45) is 5.92 Å². The molecule has 8 nitrogen and oxygen atoms in total. The number of hydrogen-bond acceptors (Lipinski definition) is 8. The summed E-state index contributed by atoms with van der Waals surface area (Å²) in [5.74, 6) is -2.13. The molecule has 0 rings (SSSR count). The van der Waals surface area contributed by atoms with Gasteiger partial charge in [0.05, 0.1) is 39.6 Å². The largest absolute Gasteiger partial charge is 0.463 e. The quantitative estimate of drug-likeness (QED) is 0.242. The maximum Gasteiger partial charge on any atom is 0.320 e. The first kappa shape index (κ1) is 21.8. The molecule has 0 saturated heterocycles. The van der Waals surface area contributed by atoms with Crippen LogP contribution in [0.15, 0.2) is 0 Å². The summed E-state index contributed by atoms with van der Waals surface area (Å²) < 4.78 is 30.0. The van der Waals surface area contributed by atoms with Gasteiger partial charge in [0, 0.05) is 14.2 Å². The summed E-state index contributed by atoms with van der Waals surface area (Å²) in [6, 6.07) is 0. The normalized spacial score (nSPS) is 10.8. The second kappa shape index (κ2) is 15.7. The van der Waals surface area contributed by atoms with Crippen molar-refractivity contribution in [2.75, 3.05) is 67.1 Å². The second-order valence-corrected chi connectivity index (χ2v) is 4.51. The molecule has 0 aliphatic rings. The number of carbonyl (C=O) groups is 2. The van der Waals surface area contributed by atoms with Gasteiger partial charge in [-0.15, -0.1) is 0 Å². The molecule has 0 fully saturated rings. The first-order valence-electron chi connectivity index (χ1n) is 7.64. The molecule has 0 aliphatic heterocycles. The average molecular weight is 336 g/mol. The maximum atomic E-state index is 11.8. The van der Waals surface area contributed by atoms with E-state index in [-0.39, 0.29) is 26.4 Å². The Kier molecular flexibility index (Phi) is 14.8. The Balaban J connectivity index is 3.82. The van der Waals surface area contributed by atoms with Gasteiger partial charge in [-0.25, -0.2) is 0 Å². The fourth-order valence-corrected chi connectivity index (χ4v) is 1.52. The van der Waals surface area contributed by atoms with E-state index in [9.17, 15) is 9.59 Å². The SMILES string of the molecule is CCC(C(=O)OCCOCCOC)C(=O)OCCOCCOC. The van der Waals surface area contributed by atoms with E-state index in [4.69, 9.17) is 28.4 Å². The third kappa shape index (κ3) is 11.9. The summed E-state index contributed by atoms with van der Waals surface area (Å²) in [5.41, 5.74) is 0. The van der Waals surface area contributed by atoms with Crippen LogP contribution in [0.4, 0.5) is 0 Å². The maximum absolute atomic E-state index is 11.8. The van der Waals surface area contributed by atoms with Gasteiger partial charge in [0.2, 0.25) is 0 Å². The fourth-order valence-electron chi connectivity index (χ4n) is 1.52. The molecule has 0 aromatic heterocycles. The fraction of sp³-hybridized carbons (Fsp3) is 0.867. The molecule has 8 heteroatoms. The van der Waals surface area contributed by atoms with Gasteiger partial charge in [-0.05, 0) is 6.42 Å². The standard InChI is InChI=1S/C15H28O8/c1-4-13(14(16)22-11-9-20-7-5-18-2)15(17)23-12-10-21-8-6-19-3/h13H,4-12H2,1-3H3. The molecule has 0 N–H and O–H groups in total. The second-order valence-electron chi connectivity index (χ2n) is 4.51. The summed E-state index contributed by atoms with van der Waals surface area (Å²) >= 11 is 0. The van der Waals surface area contributed by atoms with Gasteiger partial charge in [0.15, 0.2) is 5.92 Å². The summed E-state index contributed by atoms with van der Waals surface area (Å²) in [7, 11) is 3.15. The van der Waals surface area contributed by atoms with Crippen molar-refractivity contribution >= 4 is 11.9 Å². The first-order valence-corrected chi connectivity index (χ1v) is 7.64. The van der Waals surface area contributed by atoms with Crippen LogP contribution < -0.4 is 0 Å². The lowest BCUT2D eigenvalue weighted by Gasteiger charge is -2.14. The van der Waals surface area contributed by atoms with Crippen LogP contribution in [0.3, 0.4) is 0 Å². The third-order valence-electron chi connectivity index (χ3n) is 2.78. The monoisotopic (exact) mass is 336 g/mol. The molecule has 136 valence electrons. The zero-order chi connectivity index (χ0) is 17.3. The van der Waals surface area contributed by atoms with Gasteiger partial charge < -0.3 is 28.4 Å². The van der Waals surface area contributed by atoms with Gasteiger partial charge in [-0.2, -0.15) is 0 Å². The predicted molar refractivity (Wildman–Crippen MR) is 81.1 cm³/mol. The Morgan fingerprint density at radius 2 is 1.09 bits per heavy atom. The molecule has 0 unspecified atom stereocenters. The summed E-state index contributed by atoms with van der Waals surface area (Å²) in [6.07, 6.45) is 0.312. The van der Waals surface area contributed by atoms with Crippen LogP contribution in [-0.2, 0) is 38.0 Å². The Labute approximate surface area is 137 Å². The molecule has 0 aliphatic carbocycles. The minimum atomic E-state index is -0.923. The minimum absolute atomic E-state index is 0.0897. The van der Waals surface area contributed by atoms with Crippen molar-refractivity contribution in [1.82, 2.24) is 0 Å². The van der Waals surface area contributed by atoms with Crippen LogP contribution >= 0.6 is 0 Å². The van der Waals surface area contributed by atoms with E-state index < -0.39 is 17.9 Å². The van der Waals surface area contributed by atoms with E-state index in [0.29, 0.717) is 32.8 Å². The van der Waals surface area contributed by atoms with Gasteiger partial charge >= 0.3 is 11.9 Å². The third-order valence-corrected chi connectivity index (χ3v) is 2.78. The number of methoxy groups -OCH3 is 2. The highest BCUT2D eigenvalue weighted by Gasteiger charge is 2.27. The smallest absolute Gasteiger partial charge is 0.320 e. The molecule has 0 saturated carbocycles. The molecule has 0 aromatic rings. The van der Waals surface area contributed by atoms with E-state index in [0.717, 1.165) is 0 Å². The van der Waals surface area contributed by atoms with Gasteiger partial charge in [-0.1, -0.05) is 6.92 Å². The number of hydrogen-bond donors (Lipinski definition) is 0. The summed E-state index contributed by atoms with van der Waals surface area (Å²) in [4.78, 5) is 23.7. The highest BCUT2D eigenvalue weighted by Crippen LogP contribution is 2.08. The van der Waals surface area contributed by atoms with Crippen LogP contribution in [0.25, 0.3) is 0 Å². The Morgan fingerprint density at radius 1 is 0.696 bits per heavy atom. The van der Waals surface area contributed by atoms with E-state index in [1.54, 1.807) is 21.1 Å². The number of carbonyl (C=O) groups excluding carboxylic acids is 2. The molecule has 0 spiro atoms. The van der Waals surface area contributed by atoms with E-state index in [2.05, 4.69) is 0 Å².